The van der Waals surface area contributed by atoms with Crippen molar-refractivity contribution in [3.63, 3.8) is 0 Å². The highest BCUT2D eigenvalue weighted by atomic mass is 16.8. The lowest BCUT2D eigenvalue weighted by atomic mass is 9.81. The molecule has 1 saturated carbocycles. The maximum Gasteiger partial charge on any atom is 0.302 e. The number of carbonyl (C=O) groups is 1. The molecule has 18 heavy (non-hydrogen) atoms. The third kappa shape index (κ3) is 2.66. The molecule has 2 rings (SSSR count). The molecule has 0 aromatic rings. The molecule has 5 atom stereocenters. The highest BCUT2D eigenvalue weighted by molar-refractivity contribution is 5.65. The minimum Gasteiger partial charge on any atom is -0.465 e. The summed E-state index contributed by atoms with van der Waals surface area (Å²) < 4.78 is 16.1. The fourth-order valence-corrected chi connectivity index (χ4v) is 2.64. The van der Waals surface area contributed by atoms with Gasteiger partial charge in [0.15, 0.2) is 5.79 Å². The summed E-state index contributed by atoms with van der Waals surface area (Å²) in [6, 6.07) is 0. The second-order valence-electron chi connectivity index (χ2n) is 5.42. The molecule has 0 radical (unpaired) electrons. The lowest BCUT2D eigenvalue weighted by Gasteiger charge is -2.37. The van der Waals surface area contributed by atoms with Gasteiger partial charge in [0, 0.05) is 12.8 Å². The van der Waals surface area contributed by atoms with Gasteiger partial charge in [0.1, 0.15) is 12.2 Å². The largest absolute Gasteiger partial charge is 0.465 e. The van der Waals surface area contributed by atoms with Crippen LogP contribution in [0.4, 0.5) is 0 Å². The van der Waals surface area contributed by atoms with Crippen LogP contribution in [0.1, 0.15) is 27.2 Å². The van der Waals surface area contributed by atoms with Crippen molar-refractivity contribution in [3.05, 3.63) is 0 Å². The second kappa shape index (κ2) is 4.77. The first-order valence-corrected chi connectivity index (χ1v) is 6.15. The molecule has 1 aliphatic carbocycles. The van der Waals surface area contributed by atoms with Crippen LogP contribution in [-0.2, 0) is 19.0 Å². The average Bonchev–Trinajstić information content (AvgIpc) is 2.56. The molecule has 1 heterocycles. The lowest BCUT2D eigenvalue weighted by molar-refractivity contribution is -0.164. The van der Waals surface area contributed by atoms with Crippen LogP contribution in [0.5, 0.6) is 0 Å². The molecule has 104 valence electrons. The first-order chi connectivity index (χ1) is 8.30. The molecular formula is C12H20O6. The van der Waals surface area contributed by atoms with E-state index in [1.165, 1.54) is 6.92 Å². The van der Waals surface area contributed by atoms with E-state index in [2.05, 4.69) is 0 Å². The molecule has 0 bridgehead atoms. The fraction of sp³-hybridized carbons (Fsp3) is 0.917. The van der Waals surface area contributed by atoms with Crippen molar-refractivity contribution in [2.24, 2.45) is 5.92 Å². The summed E-state index contributed by atoms with van der Waals surface area (Å²) >= 11 is 0. The Balaban J connectivity index is 2.03. The zero-order valence-electron chi connectivity index (χ0n) is 10.8. The molecule has 2 N–H and O–H groups in total. The number of carbonyl (C=O) groups excluding carboxylic acids is 1. The molecule has 0 spiro atoms. The zero-order chi connectivity index (χ0) is 13.5. The normalized spacial score (nSPS) is 42.4. The highest BCUT2D eigenvalue weighted by Crippen LogP contribution is 2.39. The van der Waals surface area contributed by atoms with Crippen molar-refractivity contribution in [2.45, 2.75) is 57.4 Å². The van der Waals surface area contributed by atoms with Gasteiger partial charge in [-0.05, 0) is 20.3 Å². The highest BCUT2D eigenvalue weighted by Gasteiger charge is 2.52. The van der Waals surface area contributed by atoms with Crippen molar-refractivity contribution in [3.8, 4) is 0 Å². The quantitative estimate of drug-likeness (QED) is 0.669. The first-order valence-electron chi connectivity index (χ1n) is 6.15. The molecule has 1 saturated heterocycles. The van der Waals surface area contributed by atoms with Gasteiger partial charge in [0.05, 0.1) is 18.8 Å². The standard InChI is InChI=1S/C12H20O6/c1-6(13)16-5-7-4-8-11(10(15)9(7)14)18-12(2,3)17-8/h7-11,14-15H,4-5H2,1-3H3/t7-,8+,9+,10+,11+/m1/s1. The zero-order valence-corrected chi connectivity index (χ0v) is 10.8. The van der Waals surface area contributed by atoms with Crippen LogP contribution in [0.25, 0.3) is 0 Å². The number of fused-ring (bicyclic) bond motifs is 1. The monoisotopic (exact) mass is 260 g/mol. The third-order valence-electron chi connectivity index (χ3n) is 3.43. The molecule has 2 aliphatic rings. The molecule has 6 nitrogen and oxygen atoms in total. The van der Waals surface area contributed by atoms with Crippen molar-refractivity contribution in [1.29, 1.82) is 0 Å². The topological polar surface area (TPSA) is 85.2 Å². The van der Waals surface area contributed by atoms with E-state index in [1.54, 1.807) is 13.8 Å². The summed E-state index contributed by atoms with van der Waals surface area (Å²) in [4.78, 5) is 10.8. The Hall–Kier alpha value is -0.690. The summed E-state index contributed by atoms with van der Waals surface area (Å²) in [5, 5.41) is 20.0. The van der Waals surface area contributed by atoms with Crippen LogP contribution in [-0.4, -0.2) is 53.0 Å². The van der Waals surface area contributed by atoms with Gasteiger partial charge in [-0.1, -0.05) is 0 Å². The van der Waals surface area contributed by atoms with Gasteiger partial charge in [0.25, 0.3) is 0 Å². The van der Waals surface area contributed by atoms with Crippen LogP contribution in [0.15, 0.2) is 0 Å². The Morgan fingerprint density at radius 2 is 2.00 bits per heavy atom. The number of aliphatic hydroxyl groups excluding tert-OH is 2. The molecular weight excluding hydrogens is 240 g/mol. The van der Waals surface area contributed by atoms with E-state index in [1.807, 2.05) is 0 Å². The summed E-state index contributed by atoms with van der Waals surface area (Å²) in [6.45, 7) is 4.93. The molecule has 2 fully saturated rings. The van der Waals surface area contributed by atoms with Crippen LogP contribution >= 0.6 is 0 Å². The number of ether oxygens (including phenoxy) is 3. The maximum atomic E-state index is 10.8. The second-order valence-corrected chi connectivity index (χ2v) is 5.42. The van der Waals surface area contributed by atoms with Gasteiger partial charge >= 0.3 is 5.97 Å². The molecule has 1 aliphatic heterocycles. The van der Waals surface area contributed by atoms with Crippen LogP contribution < -0.4 is 0 Å². The summed E-state index contributed by atoms with van der Waals surface area (Å²) in [7, 11) is 0. The number of hydrogen-bond acceptors (Lipinski definition) is 6. The Kier molecular flexibility index (Phi) is 3.64. The summed E-state index contributed by atoms with van der Waals surface area (Å²) in [6.07, 6.45) is -2.30. The number of esters is 1. The predicted molar refractivity (Wildman–Crippen MR) is 60.6 cm³/mol. The van der Waals surface area contributed by atoms with Crippen LogP contribution in [0.3, 0.4) is 0 Å². The summed E-state index contributed by atoms with van der Waals surface area (Å²) in [5.41, 5.74) is 0. The van der Waals surface area contributed by atoms with Crippen molar-refractivity contribution >= 4 is 5.97 Å². The van der Waals surface area contributed by atoms with E-state index < -0.39 is 30.1 Å². The molecule has 0 aromatic heterocycles. The SMILES string of the molecule is CC(=O)OC[C@H]1C[C@@H]2OC(C)(C)O[C@@H]2[C@@H](O)[C@H]1O. The third-order valence-corrected chi connectivity index (χ3v) is 3.43. The molecule has 0 unspecified atom stereocenters. The number of aliphatic hydroxyl groups is 2. The smallest absolute Gasteiger partial charge is 0.302 e. The molecule has 6 heteroatoms. The van der Waals surface area contributed by atoms with Gasteiger partial charge in [-0.15, -0.1) is 0 Å². The lowest BCUT2D eigenvalue weighted by Crippen LogP contribution is -2.53. The minimum absolute atomic E-state index is 0.0839. The Morgan fingerprint density at radius 3 is 2.61 bits per heavy atom. The fourth-order valence-electron chi connectivity index (χ4n) is 2.64. The Labute approximate surface area is 106 Å². The van der Waals surface area contributed by atoms with Gasteiger partial charge in [-0.25, -0.2) is 0 Å². The Bertz CT molecular complexity index is 329. The van der Waals surface area contributed by atoms with Gasteiger partial charge in [0.2, 0.25) is 0 Å². The minimum atomic E-state index is -1.02. The van der Waals surface area contributed by atoms with Gasteiger partial charge in [-0.3, -0.25) is 4.79 Å². The van der Waals surface area contributed by atoms with Crippen LogP contribution in [0.2, 0.25) is 0 Å². The predicted octanol–water partition coefficient (Wildman–Crippen LogP) is -0.189. The molecule has 0 amide bonds. The first kappa shape index (κ1) is 13.7. The van der Waals surface area contributed by atoms with E-state index in [-0.39, 0.29) is 18.6 Å². The van der Waals surface area contributed by atoms with E-state index in [0.29, 0.717) is 6.42 Å². The Morgan fingerprint density at radius 1 is 1.33 bits per heavy atom. The van der Waals surface area contributed by atoms with E-state index in [0.717, 1.165) is 0 Å². The van der Waals surface area contributed by atoms with Crippen molar-refractivity contribution < 1.29 is 29.2 Å². The van der Waals surface area contributed by atoms with E-state index >= 15 is 0 Å². The van der Waals surface area contributed by atoms with Crippen molar-refractivity contribution in [1.82, 2.24) is 0 Å². The van der Waals surface area contributed by atoms with E-state index in [9.17, 15) is 15.0 Å². The van der Waals surface area contributed by atoms with Gasteiger partial charge < -0.3 is 24.4 Å². The van der Waals surface area contributed by atoms with Crippen LogP contribution in [0, 0.1) is 5.92 Å². The number of hydrogen-bond donors (Lipinski definition) is 2. The number of rotatable bonds is 2. The van der Waals surface area contributed by atoms with Gasteiger partial charge in [-0.2, -0.15) is 0 Å². The average molecular weight is 260 g/mol. The summed E-state index contributed by atoms with van der Waals surface area (Å²) in [5.74, 6) is -1.49. The van der Waals surface area contributed by atoms with Crippen molar-refractivity contribution in [2.75, 3.05) is 6.61 Å². The maximum absolute atomic E-state index is 10.8. The van der Waals surface area contributed by atoms with E-state index in [4.69, 9.17) is 14.2 Å². The molecule has 0 aromatic carbocycles.